The van der Waals surface area contributed by atoms with Crippen LogP contribution in [0.2, 0.25) is 0 Å². The molecule has 3 aromatic heterocycles. The predicted molar refractivity (Wildman–Crippen MR) is 66.8 cm³/mol. The van der Waals surface area contributed by atoms with Crippen LogP contribution in [0, 0.1) is 0 Å². The number of thiophene rings is 1. The fourth-order valence-electron chi connectivity index (χ4n) is 1.99. The zero-order valence-electron chi connectivity index (χ0n) is 8.75. The minimum atomic E-state index is 0.593. The molecule has 1 aliphatic rings. The van der Waals surface area contributed by atoms with Gasteiger partial charge in [-0.1, -0.05) is 0 Å². The second kappa shape index (κ2) is 3.24. The highest BCUT2D eigenvalue weighted by molar-refractivity contribution is 7.25. The molecule has 0 amide bonds. The first kappa shape index (κ1) is 9.07. The summed E-state index contributed by atoms with van der Waals surface area (Å²) in [7, 11) is 0. The maximum Gasteiger partial charge on any atom is 0.126 e. The van der Waals surface area contributed by atoms with Gasteiger partial charge in [0.25, 0.3) is 0 Å². The van der Waals surface area contributed by atoms with Gasteiger partial charge in [-0.05, 0) is 12.1 Å². The number of rotatable bonds is 0. The highest BCUT2D eigenvalue weighted by Gasteiger charge is 2.08. The molecule has 4 rings (SSSR count). The zero-order chi connectivity index (χ0) is 11.2. The Morgan fingerprint density at radius 2 is 2.35 bits per heavy atom. The van der Waals surface area contributed by atoms with Gasteiger partial charge in [0.15, 0.2) is 0 Å². The summed E-state index contributed by atoms with van der Waals surface area (Å²) in [6.45, 7) is 0.593. The van der Waals surface area contributed by atoms with Gasteiger partial charge < -0.3 is 4.74 Å². The Kier molecular flexibility index (Phi) is 1.73. The topological polar surface area (TPSA) is 47.9 Å². The van der Waals surface area contributed by atoms with Gasteiger partial charge in [0.1, 0.15) is 17.8 Å². The molecule has 4 nitrogen and oxygen atoms in total. The summed E-state index contributed by atoms with van der Waals surface area (Å²) in [6.07, 6.45) is 7.15. The summed E-state index contributed by atoms with van der Waals surface area (Å²) in [5.74, 6) is 0. The Bertz CT molecular complexity index is 853. The molecular formula is C12H7N3OS. The highest BCUT2D eigenvalue weighted by atomic mass is 32.1. The van der Waals surface area contributed by atoms with Gasteiger partial charge in [-0.25, -0.2) is 15.0 Å². The van der Waals surface area contributed by atoms with Crippen LogP contribution in [0.25, 0.3) is 32.8 Å². The quantitative estimate of drug-likeness (QED) is 0.584. The molecule has 0 unspecified atom stereocenters. The standard InChI is InChI=1S/C12H7N3OS/c1-2-16-5-7-3-8-11-10(4-13-6-14-11)17-12(8)15-9(1)7/h1,3-6H,2H2. The van der Waals surface area contributed by atoms with Crippen LogP contribution >= 0.6 is 11.3 Å². The van der Waals surface area contributed by atoms with Crippen molar-refractivity contribution < 1.29 is 4.74 Å². The van der Waals surface area contributed by atoms with Crippen LogP contribution in [-0.4, -0.2) is 21.6 Å². The first-order valence-electron chi connectivity index (χ1n) is 5.23. The lowest BCUT2D eigenvalue weighted by atomic mass is 10.2. The number of hydrogen-bond acceptors (Lipinski definition) is 5. The Hall–Kier alpha value is -2.01. The summed E-state index contributed by atoms with van der Waals surface area (Å²) in [5.41, 5.74) is 0.967. The van der Waals surface area contributed by atoms with Crippen LogP contribution in [0.15, 0.2) is 18.6 Å². The van der Waals surface area contributed by atoms with Crippen LogP contribution in [0.5, 0.6) is 0 Å². The fraction of sp³-hybridized carbons (Fsp3) is 0.0833. The van der Waals surface area contributed by atoms with E-state index in [9.17, 15) is 0 Å². The summed E-state index contributed by atoms with van der Waals surface area (Å²) < 4.78 is 6.35. The molecule has 0 spiro atoms. The van der Waals surface area contributed by atoms with Gasteiger partial charge in [-0.2, -0.15) is 0 Å². The molecule has 0 fully saturated rings. The maximum absolute atomic E-state index is 5.28. The van der Waals surface area contributed by atoms with E-state index in [1.54, 1.807) is 23.9 Å². The third kappa shape index (κ3) is 1.26. The third-order valence-electron chi connectivity index (χ3n) is 2.77. The second-order valence-corrected chi connectivity index (χ2v) is 4.84. The smallest absolute Gasteiger partial charge is 0.126 e. The molecule has 0 radical (unpaired) electrons. The molecule has 4 heterocycles. The molecule has 1 aliphatic heterocycles. The van der Waals surface area contributed by atoms with E-state index >= 15 is 0 Å². The van der Waals surface area contributed by atoms with Crippen LogP contribution < -0.4 is 10.6 Å². The summed E-state index contributed by atoms with van der Waals surface area (Å²) in [6, 6.07) is 2.08. The molecule has 82 valence electrons. The SMILES string of the molecule is C1=c2cc3c(nc2=CCO1)sc1cncnc13. The van der Waals surface area contributed by atoms with Crippen molar-refractivity contribution in [2.75, 3.05) is 6.61 Å². The average molecular weight is 241 g/mol. The van der Waals surface area contributed by atoms with Crippen molar-refractivity contribution in [2.24, 2.45) is 0 Å². The van der Waals surface area contributed by atoms with Crippen molar-refractivity contribution in [1.29, 1.82) is 0 Å². The Labute approximate surface area is 99.9 Å². The third-order valence-corrected chi connectivity index (χ3v) is 3.79. The van der Waals surface area contributed by atoms with E-state index in [2.05, 4.69) is 21.0 Å². The van der Waals surface area contributed by atoms with Crippen molar-refractivity contribution in [3.05, 3.63) is 29.2 Å². The number of ether oxygens (including phenoxy) is 1. The minimum Gasteiger partial charge on any atom is -0.496 e. The highest BCUT2D eigenvalue weighted by Crippen LogP contribution is 2.28. The molecule has 0 bridgehead atoms. The molecule has 0 aromatic carbocycles. The lowest BCUT2D eigenvalue weighted by molar-refractivity contribution is 0.345. The van der Waals surface area contributed by atoms with Crippen LogP contribution in [0.1, 0.15) is 0 Å². The fourth-order valence-corrected chi connectivity index (χ4v) is 2.98. The van der Waals surface area contributed by atoms with Crippen molar-refractivity contribution in [3.63, 3.8) is 0 Å². The van der Waals surface area contributed by atoms with Crippen LogP contribution in [-0.2, 0) is 4.74 Å². The van der Waals surface area contributed by atoms with Crippen molar-refractivity contribution in [1.82, 2.24) is 15.0 Å². The van der Waals surface area contributed by atoms with Gasteiger partial charge >= 0.3 is 0 Å². The molecule has 0 saturated heterocycles. The van der Waals surface area contributed by atoms with E-state index in [0.717, 1.165) is 31.0 Å². The normalized spacial score (nSPS) is 13.9. The Balaban J connectivity index is 2.28. The van der Waals surface area contributed by atoms with Gasteiger partial charge in [0.2, 0.25) is 0 Å². The summed E-state index contributed by atoms with van der Waals surface area (Å²) in [5, 5.41) is 3.08. The van der Waals surface area contributed by atoms with E-state index in [-0.39, 0.29) is 0 Å². The number of aromatic nitrogens is 3. The molecule has 0 atom stereocenters. The molecule has 5 heteroatoms. The van der Waals surface area contributed by atoms with Gasteiger partial charge in [-0.15, -0.1) is 11.3 Å². The van der Waals surface area contributed by atoms with Gasteiger partial charge in [0, 0.05) is 16.8 Å². The molecular weight excluding hydrogens is 234 g/mol. The average Bonchev–Trinajstić information content (AvgIpc) is 2.73. The van der Waals surface area contributed by atoms with E-state index in [1.807, 2.05) is 12.3 Å². The van der Waals surface area contributed by atoms with Crippen molar-refractivity contribution in [2.45, 2.75) is 0 Å². The lowest BCUT2D eigenvalue weighted by Crippen LogP contribution is -2.31. The number of nitrogens with zero attached hydrogens (tertiary/aromatic N) is 3. The number of hydrogen-bond donors (Lipinski definition) is 0. The Morgan fingerprint density at radius 1 is 1.35 bits per heavy atom. The van der Waals surface area contributed by atoms with E-state index in [1.165, 1.54) is 0 Å². The summed E-state index contributed by atoms with van der Waals surface area (Å²) in [4.78, 5) is 14.0. The largest absolute Gasteiger partial charge is 0.496 e. The molecule has 0 saturated carbocycles. The lowest BCUT2D eigenvalue weighted by Gasteiger charge is -2.01. The first-order valence-corrected chi connectivity index (χ1v) is 6.05. The van der Waals surface area contributed by atoms with Crippen molar-refractivity contribution in [3.8, 4) is 0 Å². The van der Waals surface area contributed by atoms with Crippen LogP contribution in [0.3, 0.4) is 0 Å². The van der Waals surface area contributed by atoms with Gasteiger partial charge in [0.05, 0.1) is 21.8 Å². The monoisotopic (exact) mass is 241 g/mol. The van der Waals surface area contributed by atoms with E-state index in [4.69, 9.17) is 4.74 Å². The maximum atomic E-state index is 5.28. The van der Waals surface area contributed by atoms with Crippen LogP contribution in [0.4, 0.5) is 0 Å². The number of pyridine rings is 1. The predicted octanol–water partition coefficient (Wildman–Crippen LogP) is 0.788. The molecule has 0 aliphatic carbocycles. The first-order chi connectivity index (χ1) is 8.42. The minimum absolute atomic E-state index is 0.593. The molecule has 17 heavy (non-hydrogen) atoms. The van der Waals surface area contributed by atoms with E-state index in [0.29, 0.717) is 6.61 Å². The van der Waals surface area contributed by atoms with E-state index < -0.39 is 0 Å². The summed E-state index contributed by atoms with van der Waals surface area (Å²) >= 11 is 1.62. The molecule has 0 N–H and O–H groups in total. The van der Waals surface area contributed by atoms with Gasteiger partial charge in [-0.3, -0.25) is 0 Å². The molecule has 3 aromatic rings. The second-order valence-electron chi connectivity index (χ2n) is 3.81. The van der Waals surface area contributed by atoms with Crippen molar-refractivity contribution >= 4 is 44.1 Å². The zero-order valence-corrected chi connectivity index (χ0v) is 9.57. The Morgan fingerprint density at radius 3 is 3.35 bits per heavy atom. The number of fused-ring (bicyclic) bond motifs is 4.